The van der Waals surface area contributed by atoms with Crippen molar-refractivity contribution < 1.29 is 24.5 Å². The summed E-state index contributed by atoms with van der Waals surface area (Å²) in [6, 6.07) is -0.711. The number of rotatable bonds is 52. The van der Waals surface area contributed by atoms with Crippen LogP contribution in [-0.2, 0) is 14.3 Å². The molecule has 6 heteroatoms. The summed E-state index contributed by atoms with van der Waals surface area (Å²) in [5.41, 5.74) is 0. The molecule has 0 aliphatic rings. The van der Waals surface area contributed by atoms with Crippen LogP contribution < -0.4 is 5.32 Å². The molecule has 0 aromatic rings. The first-order chi connectivity index (χ1) is 32.5. The van der Waals surface area contributed by atoms with Crippen LogP contribution in [0.4, 0.5) is 0 Å². The Kier molecular flexibility index (Phi) is 52.0. The number of hydrogen-bond acceptors (Lipinski definition) is 5. The van der Waals surface area contributed by atoms with Gasteiger partial charge in [0.15, 0.2) is 0 Å². The summed E-state index contributed by atoms with van der Waals surface area (Å²) in [5.74, 6) is -0.496. The number of ether oxygens (including phenoxy) is 1. The van der Waals surface area contributed by atoms with E-state index in [1.54, 1.807) is 0 Å². The maximum Gasteiger partial charge on any atom is 0.306 e. The zero-order chi connectivity index (χ0) is 48.1. The molecule has 0 fully saturated rings. The van der Waals surface area contributed by atoms with Gasteiger partial charge < -0.3 is 20.3 Å². The third-order valence-electron chi connectivity index (χ3n) is 13.1. The molecule has 6 nitrogen and oxygen atoms in total. The highest BCUT2D eigenvalue weighted by atomic mass is 16.5. The number of nitrogens with one attached hydrogen (secondary N) is 1. The molecule has 66 heavy (non-hydrogen) atoms. The number of amides is 1. The van der Waals surface area contributed by atoms with Crippen molar-refractivity contribution in [3.8, 4) is 0 Å². The topological polar surface area (TPSA) is 95.9 Å². The van der Waals surface area contributed by atoms with Gasteiger partial charge in [0.2, 0.25) is 5.91 Å². The highest BCUT2D eigenvalue weighted by Crippen LogP contribution is 2.18. The number of hydrogen-bond donors (Lipinski definition) is 3. The molecule has 3 N–H and O–H groups in total. The van der Waals surface area contributed by atoms with E-state index in [9.17, 15) is 19.8 Å². The standard InChI is InChI=1S/C60H111NO5/c1-4-7-10-13-16-19-22-25-28-30-31-34-37-40-43-46-49-52-58(63)57(55-62)61-59(64)54-56(51-48-45-42-39-36-33-27-24-21-18-15-12-9-6-3)66-60(65)53-50-47-44-41-38-35-32-29-26-23-20-17-14-11-8-5-2/h9,12,18,21,27,29,32-33,56-58,62-63H,4-8,10-11,13-17,19-20,22-26,28,30-31,34-55H2,1-3H3,(H,61,64)/b12-9+,21-18+,32-29+,33-27+. The average Bonchev–Trinajstić information content (AvgIpc) is 3.31. The van der Waals surface area contributed by atoms with Crippen LogP contribution in [0.3, 0.4) is 0 Å². The molecular weight excluding hydrogens is 815 g/mol. The number of unbranched alkanes of at least 4 members (excludes halogenated alkanes) is 32. The quantitative estimate of drug-likeness (QED) is 0.0321. The van der Waals surface area contributed by atoms with Crippen molar-refractivity contribution in [2.75, 3.05) is 6.61 Å². The zero-order valence-corrected chi connectivity index (χ0v) is 44.1. The first kappa shape index (κ1) is 63.8. The van der Waals surface area contributed by atoms with Crippen LogP contribution in [0.25, 0.3) is 0 Å². The fraction of sp³-hybridized carbons (Fsp3) is 0.833. The van der Waals surface area contributed by atoms with Crippen molar-refractivity contribution in [1.82, 2.24) is 5.32 Å². The average molecular weight is 927 g/mol. The molecule has 3 atom stereocenters. The van der Waals surface area contributed by atoms with E-state index in [4.69, 9.17) is 4.74 Å². The zero-order valence-electron chi connectivity index (χ0n) is 44.1. The highest BCUT2D eigenvalue weighted by Gasteiger charge is 2.24. The Bertz CT molecular complexity index is 1130. The summed E-state index contributed by atoms with van der Waals surface area (Å²) >= 11 is 0. The third kappa shape index (κ3) is 48.3. The van der Waals surface area contributed by atoms with E-state index >= 15 is 0 Å². The predicted octanol–water partition coefficient (Wildman–Crippen LogP) is 17.8. The predicted molar refractivity (Wildman–Crippen MR) is 287 cm³/mol. The molecule has 3 unspecified atom stereocenters. The molecular formula is C60H111NO5. The highest BCUT2D eigenvalue weighted by molar-refractivity contribution is 5.77. The van der Waals surface area contributed by atoms with Crippen LogP contribution in [-0.4, -0.2) is 46.9 Å². The molecule has 0 rings (SSSR count). The molecule has 0 saturated carbocycles. The summed E-state index contributed by atoms with van der Waals surface area (Å²) in [6.07, 6.45) is 66.1. The number of allylic oxidation sites excluding steroid dienone is 8. The number of carbonyl (C=O) groups excluding carboxylic acids is 2. The largest absolute Gasteiger partial charge is 0.462 e. The Balaban J connectivity index is 4.54. The van der Waals surface area contributed by atoms with Gasteiger partial charge in [0.1, 0.15) is 6.10 Å². The van der Waals surface area contributed by atoms with Crippen molar-refractivity contribution in [3.63, 3.8) is 0 Å². The minimum absolute atomic E-state index is 0.0606. The second kappa shape index (κ2) is 53.8. The summed E-state index contributed by atoms with van der Waals surface area (Å²) in [7, 11) is 0. The van der Waals surface area contributed by atoms with Gasteiger partial charge in [0, 0.05) is 6.42 Å². The molecule has 0 aliphatic carbocycles. The van der Waals surface area contributed by atoms with Crippen molar-refractivity contribution in [1.29, 1.82) is 0 Å². The van der Waals surface area contributed by atoms with Gasteiger partial charge in [0.25, 0.3) is 0 Å². The van der Waals surface area contributed by atoms with Gasteiger partial charge in [-0.3, -0.25) is 9.59 Å². The van der Waals surface area contributed by atoms with E-state index in [-0.39, 0.29) is 24.9 Å². The summed E-state index contributed by atoms with van der Waals surface area (Å²) < 4.78 is 5.95. The van der Waals surface area contributed by atoms with Gasteiger partial charge in [0.05, 0.1) is 25.2 Å². The molecule has 0 aliphatic heterocycles. The maximum atomic E-state index is 13.3. The van der Waals surface area contributed by atoms with Gasteiger partial charge in [-0.25, -0.2) is 0 Å². The van der Waals surface area contributed by atoms with Crippen LogP contribution in [0.1, 0.15) is 297 Å². The molecule has 0 aromatic heterocycles. The van der Waals surface area contributed by atoms with Crippen LogP contribution >= 0.6 is 0 Å². The van der Waals surface area contributed by atoms with Crippen LogP contribution in [0.15, 0.2) is 48.6 Å². The van der Waals surface area contributed by atoms with Crippen LogP contribution in [0.5, 0.6) is 0 Å². The number of esters is 1. The lowest BCUT2D eigenvalue weighted by Gasteiger charge is -2.24. The third-order valence-corrected chi connectivity index (χ3v) is 13.1. The van der Waals surface area contributed by atoms with Gasteiger partial charge in [-0.2, -0.15) is 0 Å². The fourth-order valence-corrected chi connectivity index (χ4v) is 8.79. The molecule has 386 valence electrons. The molecule has 0 saturated heterocycles. The van der Waals surface area contributed by atoms with E-state index in [0.29, 0.717) is 19.3 Å². The van der Waals surface area contributed by atoms with Crippen LogP contribution in [0.2, 0.25) is 0 Å². The Hall–Kier alpha value is -2.18. The van der Waals surface area contributed by atoms with E-state index < -0.39 is 18.2 Å². The Labute approximate surface area is 410 Å². The van der Waals surface area contributed by atoms with Gasteiger partial charge in [-0.05, 0) is 83.5 Å². The SMILES string of the molecule is CC/C=C/C/C=C/C/C=C/CCCCCCC(CC(=O)NC(CO)C(O)CCCCCCCCCCCCCCCCCCC)OC(=O)CCCCCCC/C=C/CCCCCCCCC. The molecule has 0 heterocycles. The van der Waals surface area contributed by atoms with Gasteiger partial charge in [-0.15, -0.1) is 0 Å². The number of aliphatic hydroxyl groups excluding tert-OH is 2. The van der Waals surface area contributed by atoms with Gasteiger partial charge in [-0.1, -0.05) is 249 Å². The number of carbonyl (C=O) groups is 2. The second-order valence-electron chi connectivity index (χ2n) is 19.7. The first-order valence-corrected chi connectivity index (χ1v) is 28.9. The Morgan fingerprint density at radius 1 is 0.455 bits per heavy atom. The Morgan fingerprint density at radius 3 is 1.26 bits per heavy atom. The molecule has 0 radical (unpaired) electrons. The van der Waals surface area contributed by atoms with E-state index in [2.05, 4.69) is 74.7 Å². The molecule has 0 aromatic carbocycles. The Morgan fingerprint density at radius 2 is 0.818 bits per heavy atom. The lowest BCUT2D eigenvalue weighted by Crippen LogP contribution is -2.46. The van der Waals surface area contributed by atoms with Crippen molar-refractivity contribution in [2.45, 2.75) is 315 Å². The second-order valence-corrected chi connectivity index (χ2v) is 19.7. The first-order valence-electron chi connectivity index (χ1n) is 28.9. The molecule has 1 amide bonds. The summed E-state index contributed by atoms with van der Waals surface area (Å²) in [4.78, 5) is 26.3. The van der Waals surface area contributed by atoms with E-state index in [1.165, 1.54) is 154 Å². The van der Waals surface area contributed by atoms with Gasteiger partial charge >= 0.3 is 5.97 Å². The van der Waals surface area contributed by atoms with E-state index in [0.717, 1.165) is 96.3 Å². The molecule has 0 spiro atoms. The van der Waals surface area contributed by atoms with Crippen molar-refractivity contribution >= 4 is 11.9 Å². The fourth-order valence-electron chi connectivity index (χ4n) is 8.79. The lowest BCUT2D eigenvalue weighted by molar-refractivity contribution is -0.151. The smallest absolute Gasteiger partial charge is 0.306 e. The normalized spacial score (nSPS) is 13.5. The van der Waals surface area contributed by atoms with Crippen LogP contribution in [0, 0.1) is 0 Å². The maximum absolute atomic E-state index is 13.3. The minimum Gasteiger partial charge on any atom is -0.462 e. The monoisotopic (exact) mass is 926 g/mol. The minimum atomic E-state index is -0.796. The van der Waals surface area contributed by atoms with Crippen molar-refractivity contribution in [3.05, 3.63) is 48.6 Å². The number of aliphatic hydroxyl groups is 2. The summed E-state index contributed by atoms with van der Waals surface area (Å²) in [5, 5.41) is 23.9. The summed E-state index contributed by atoms with van der Waals surface area (Å²) in [6.45, 7) is 6.39. The molecule has 0 bridgehead atoms. The van der Waals surface area contributed by atoms with Crippen molar-refractivity contribution in [2.24, 2.45) is 0 Å². The lowest BCUT2D eigenvalue weighted by atomic mass is 10.0. The van der Waals surface area contributed by atoms with E-state index in [1.807, 2.05) is 0 Å².